The van der Waals surface area contributed by atoms with Crippen LogP contribution >= 0.6 is 0 Å². The molecule has 4 nitrogen and oxygen atoms in total. The lowest BCUT2D eigenvalue weighted by Gasteiger charge is -2.14. The standard InChI is InChI=1S/C10H17N3O/c1-13-9-5-3-2-4-7(9)10(12-13)8(11)6-14/h8,14H,2-6,11H2,1H3. The van der Waals surface area contributed by atoms with Gasteiger partial charge in [0.05, 0.1) is 18.3 Å². The molecule has 3 N–H and O–H groups in total. The van der Waals surface area contributed by atoms with Crippen LogP contribution < -0.4 is 5.73 Å². The van der Waals surface area contributed by atoms with E-state index in [1.807, 2.05) is 11.7 Å². The molecule has 2 rings (SSSR count). The average Bonchev–Trinajstić information content (AvgIpc) is 2.56. The van der Waals surface area contributed by atoms with E-state index >= 15 is 0 Å². The van der Waals surface area contributed by atoms with E-state index in [1.54, 1.807) is 0 Å². The Kier molecular flexibility index (Phi) is 2.56. The molecular weight excluding hydrogens is 178 g/mol. The van der Waals surface area contributed by atoms with Crippen molar-refractivity contribution in [3.63, 3.8) is 0 Å². The number of aliphatic hydroxyl groups excluding tert-OH is 1. The molecule has 0 aromatic carbocycles. The highest BCUT2D eigenvalue weighted by molar-refractivity contribution is 5.30. The van der Waals surface area contributed by atoms with Crippen molar-refractivity contribution in [2.24, 2.45) is 12.8 Å². The Morgan fingerprint density at radius 2 is 2.21 bits per heavy atom. The lowest BCUT2D eigenvalue weighted by molar-refractivity contribution is 0.265. The molecule has 1 aromatic heterocycles. The summed E-state index contributed by atoms with van der Waals surface area (Å²) in [7, 11) is 1.96. The zero-order valence-corrected chi connectivity index (χ0v) is 8.53. The number of rotatable bonds is 2. The molecule has 0 amide bonds. The largest absolute Gasteiger partial charge is 0.394 e. The Morgan fingerprint density at radius 1 is 1.50 bits per heavy atom. The van der Waals surface area contributed by atoms with E-state index in [1.165, 1.54) is 24.1 Å². The number of aromatic nitrogens is 2. The summed E-state index contributed by atoms with van der Waals surface area (Å²) in [4.78, 5) is 0. The third-order valence-corrected chi connectivity index (χ3v) is 2.94. The van der Waals surface area contributed by atoms with E-state index in [0.29, 0.717) is 0 Å². The predicted molar refractivity (Wildman–Crippen MR) is 53.9 cm³/mol. The Hall–Kier alpha value is -0.870. The minimum Gasteiger partial charge on any atom is -0.394 e. The molecule has 0 aliphatic heterocycles. The maximum absolute atomic E-state index is 9.02. The number of nitrogens with zero attached hydrogens (tertiary/aromatic N) is 2. The summed E-state index contributed by atoms with van der Waals surface area (Å²) in [5, 5.41) is 13.4. The molecule has 0 saturated heterocycles. The van der Waals surface area contributed by atoms with Gasteiger partial charge in [0.1, 0.15) is 0 Å². The first kappa shape index (κ1) is 9.68. The van der Waals surface area contributed by atoms with Gasteiger partial charge in [-0.1, -0.05) is 0 Å². The van der Waals surface area contributed by atoms with Gasteiger partial charge in [-0.2, -0.15) is 5.10 Å². The fourth-order valence-corrected chi connectivity index (χ4v) is 2.19. The number of nitrogens with two attached hydrogens (primary N) is 1. The van der Waals surface area contributed by atoms with Crippen LogP contribution in [0.5, 0.6) is 0 Å². The van der Waals surface area contributed by atoms with E-state index in [9.17, 15) is 0 Å². The van der Waals surface area contributed by atoms with Crippen LogP contribution in [-0.2, 0) is 19.9 Å². The normalized spacial score (nSPS) is 17.9. The lowest BCUT2D eigenvalue weighted by Crippen LogP contribution is -2.17. The summed E-state index contributed by atoms with van der Waals surface area (Å²) in [6, 6.07) is -0.317. The van der Waals surface area contributed by atoms with Crippen LogP contribution in [0, 0.1) is 0 Å². The zero-order chi connectivity index (χ0) is 10.1. The van der Waals surface area contributed by atoms with Crippen molar-refractivity contribution >= 4 is 0 Å². The summed E-state index contributed by atoms with van der Waals surface area (Å²) in [6.07, 6.45) is 4.60. The smallest absolute Gasteiger partial charge is 0.0849 e. The Bertz CT molecular complexity index is 332. The molecule has 4 heteroatoms. The van der Waals surface area contributed by atoms with Gasteiger partial charge in [-0.25, -0.2) is 0 Å². The first-order valence-electron chi connectivity index (χ1n) is 5.15. The second-order valence-corrected chi connectivity index (χ2v) is 3.93. The molecule has 1 aliphatic rings. The maximum atomic E-state index is 9.02. The molecule has 1 unspecified atom stereocenters. The molecule has 1 aliphatic carbocycles. The summed E-state index contributed by atoms with van der Waals surface area (Å²) < 4.78 is 1.92. The van der Waals surface area contributed by atoms with Crippen molar-refractivity contribution in [1.82, 2.24) is 9.78 Å². The zero-order valence-electron chi connectivity index (χ0n) is 8.53. The van der Waals surface area contributed by atoms with Gasteiger partial charge in [-0.15, -0.1) is 0 Å². The van der Waals surface area contributed by atoms with E-state index < -0.39 is 0 Å². The first-order chi connectivity index (χ1) is 6.74. The number of aryl methyl sites for hydroxylation is 1. The highest BCUT2D eigenvalue weighted by Gasteiger charge is 2.22. The molecule has 0 fully saturated rings. The summed E-state index contributed by atoms with van der Waals surface area (Å²) in [5.74, 6) is 0. The van der Waals surface area contributed by atoms with Crippen molar-refractivity contribution in [2.75, 3.05) is 6.61 Å². The third-order valence-electron chi connectivity index (χ3n) is 2.94. The fourth-order valence-electron chi connectivity index (χ4n) is 2.19. The van der Waals surface area contributed by atoms with Crippen LogP contribution in [0.2, 0.25) is 0 Å². The molecule has 78 valence electrons. The number of hydrogen-bond acceptors (Lipinski definition) is 3. The second kappa shape index (κ2) is 3.71. The van der Waals surface area contributed by atoms with Crippen LogP contribution in [0.1, 0.15) is 35.8 Å². The van der Waals surface area contributed by atoms with Gasteiger partial charge >= 0.3 is 0 Å². The van der Waals surface area contributed by atoms with Crippen molar-refractivity contribution in [3.05, 3.63) is 17.0 Å². The fraction of sp³-hybridized carbons (Fsp3) is 0.700. The minimum atomic E-state index is -0.317. The molecular formula is C10H17N3O. The number of hydrogen-bond donors (Lipinski definition) is 2. The monoisotopic (exact) mass is 195 g/mol. The van der Waals surface area contributed by atoms with Crippen molar-refractivity contribution in [1.29, 1.82) is 0 Å². The van der Waals surface area contributed by atoms with E-state index in [4.69, 9.17) is 10.8 Å². The summed E-state index contributed by atoms with van der Waals surface area (Å²) >= 11 is 0. The number of fused-ring (bicyclic) bond motifs is 1. The number of aliphatic hydroxyl groups is 1. The van der Waals surface area contributed by atoms with Crippen LogP contribution in [0.3, 0.4) is 0 Å². The average molecular weight is 195 g/mol. The SMILES string of the molecule is Cn1nc(C(N)CO)c2c1CCCC2. The van der Waals surface area contributed by atoms with Gasteiger partial charge in [0.2, 0.25) is 0 Å². The molecule has 0 bridgehead atoms. The van der Waals surface area contributed by atoms with E-state index in [-0.39, 0.29) is 12.6 Å². The highest BCUT2D eigenvalue weighted by Crippen LogP contribution is 2.26. The van der Waals surface area contributed by atoms with Crippen molar-refractivity contribution < 1.29 is 5.11 Å². The van der Waals surface area contributed by atoms with Crippen LogP contribution in [0.4, 0.5) is 0 Å². The van der Waals surface area contributed by atoms with Crippen LogP contribution in [0.15, 0.2) is 0 Å². The molecule has 1 heterocycles. The van der Waals surface area contributed by atoms with Gasteiger partial charge in [0.15, 0.2) is 0 Å². The van der Waals surface area contributed by atoms with Gasteiger partial charge in [0, 0.05) is 12.7 Å². The van der Waals surface area contributed by atoms with Crippen LogP contribution in [-0.4, -0.2) is 21.5 Å². The molecule has 0 spiro atoms. The lowest BCUT2D eigenvalue weighted by atomic mass is 9.94. The van der Waals surface area contributed by atoms with Gasteiger partial charge in [0.25, 0.3) is 0 Å². The molecule has 1 atom stereocenters. The maximum Gasteiger partial charge on any atom is 0.0849 e. The second-order valence-electron chi connectivity index (χ2n) is 3.93. The minimum absolute atomic E-state index is 0.0244. The topological polar surface area (TPSA) is 64.1 Å². The Balaban J connectivity index is 2.41. The molecule has 0 radical (unpaired) electrons. The molecule has 0 saturated carbocycles. The predicted octanol–water partition coefficient (Wildman–Crippen LogP) is 0.291. The molecule has 1 aromatic rings. The van der Waals surface area contributed by atoms with E-state index in [0.717, 1.165) is 18.5 Å². The summed E-state index contributed by atoms with van der Waals surface area (Å²) in [5.41, 5.74) is 9.28. The Labute approximate surface area is 83.7 Å². The Morgan fingerprint density at radius 3 is 2.93 bits per heavy atom. The quantitative estimate of drug-likeness (QED) is 0.713. The van der Waals surface area contributed by atoms with Gasteiger partial charge < -0.3 is 10.8 Å². The third kappa shape index (κ3) is 1.44. The van der Waals surface area contributed by atoms with Crippen molar-refractivity contribution in [3.8, 4) is 0 Å². The molecule has 14 heavy (non-hydrogen) atoms. The van der Waals surface area contributed by atoms with E-state index in [2.05, 4.69) is 5.10 Å². The van der Waals surface area contributed by atoms with Crippen LogP contribution in [0.25, 0.3) is 0 Å². The first-order valence-corrected chi connectivity index (χ1v) is 5.15. The highest BCUT2D eigenvalue weighted by atomic mass is 16.3. The van der Waals surface area contributed by atoms with Gasteiger partial charge in [-0.05, 0) is 31.2 Å². The van der Waals surface area contributed by atoms with Crippen molar-refractivity contribution in [2.45, 2.75) is 31.7 Å². The van der Waals surface area contributed by atoms with Gasteiger partial charge in [-0.3, -0.25) is 4.68 Å². The summed E-state index contributed by atoms with van der Waals surface area (Å²) in [6.45, 7) is -0.0244.